The van der Waals surface area contributed by atoms with Crippen LogP contribution in [0.4, 0.5) is 4.39 Å². The molecular formula is C7H10FNO2. The molecule has 1 amide bonds. The van der Waals surface area contributed by atoms with Crippen LogP contribution in [0.25, 0.3) is 0 Å². The highest BCUT2D eigenvalue weighted by Crippen LogP contribution is 1.96. The quantitative estimate of drug-likeness (QED) is 0.561. The Morgan fingerprint density at radius 2 is 2.27 bits per heavy atom. The van der Waals surface area contributed by atoms with Gasteiger partial charge in [-0.15, -0.1) is 0 Å². The summed E-state index contributed by atoms with van der Waals surface area (Å²) >= 11 is 0. The molecule has 0 aromatic rings. The van der Waals surface area contributed by atoms with Crippen molar-refractivity contribution in [1.82, 2.24) is 4.90 Å². The van der Waals surface area contributed by atoms with E-state index >= 15 is 0 Å². The number of nitrogens with zero attached hydrogens (tertiary/aromatic N) is 1. The van der Waals surface area contributed by atoms with E-state index in [1.165, 1.54) is 6.92 Å². The van der Waals surface area contributed by atoms with Crippen LogP contribution >= 0.6 is 0 Å². The molecule has 62 valence electrons. The average molecular weight is 159 g/mol. The maximum atomic E-state index is 12.1. The van der Waals surface area contributed by atoms with Gasteiger partial charge in [-0.05, 0) is 0 Å². The van der Waals surface area contributed by atoms with E-state index in [4.69, 9.17) is 0 Å². The van der Waals surface area contributed by atoms with Gasteiger partial charge in [0.2, 0.25) is 5.91 Å². The van der Waals surface area contributed by atoms with E-state index in [1.807, 2.05) is 0 Å². The molecule has 0 unspecified atom stereocenters. The lowest BCUT2D eigenvalue weighted by molar-refractivity contribution is -0.130. The normalized spacial score (nSPS) is 8.91. The molecule has 0 aliphatic heterocycles. The van der Waals surface area contributed by atoms with Crippen molar-refractivity contribution in [2.24, 2.45) is 0 Å². The van der Waals surface area contributed by atoms with Gasteiger partial charge >= 0.3 is 0 Å². The number of carbonyl (C=O) groups is 2. The molecule has 3 nitrogen and oxygen atoms in total. The average Bonchev–Trinajstić information content (AvgIpc) is 1.86. The Kier molecular flexibility index (Phi) is 4.10. The van der Waals surface area contributed by atoms with Crippen LogP contribution < -0.4 is 0 Å². The first-order chi connectivity index (χ1) is 5.07. The predicted molar refractivity (Wildman–Crippen MR) is 38.6 cm³/mol. The maximum absolute atomic E-state index is 12.1. The van der Waals surface area contributed by atoms with Gasteiger partial charge in [0.05, 0.1) is 13.1 Å². The maximum Gasteiger partial charge on any atom is 0.220 e. The molecule has 0 heterocycles. The van der Waals surface area contributed by atoms with Crippen molar-refractivity contribution in [1.29, 1.82) is 0 Å². The largest absolute Gasteiger partial charge is 0.329 e. The molecule has 0 spiro atoms. The zero-order valence-corrected chi connectivity index (χ0v) is 6.34. The Labute approximate surface area is 64.5 Å². The standard InChI is InChI=1S/C7H10FNO2/c1-6(8)5-9(3-4-10)7(2)11/h4H,1,3,5H2,2H3. The van der Waals surface area contributed by atoms with Gasteiger partial charge in [-0.2, -0.15) is 0 Å². The summed E-state index contributed by atoms with van der Waals surface area (Å²) in [6.07, 6.45) is 0.546. The van der Waals surface area contributed by atoms with Gasteiger partial charge in [0.25, 0.3) is 0 Å². The van der Waals surface area contributed by atoms with E-state index in [0.717, 1.165) is 4.90 Å². The highest BCUT2D eigenvalue weighted by Gasteiger charge is 2.07. The van der Waals surface area contributed by atoms with Crippen LogP contribution in [-0.4, -0.2) is 30.2 Å². The highest BCUT2D eigenvalue weighted by molar-refractivity contribution is 5.76. The van der Waals surface area contributed by atoms with Gasteiger partial charge in [-0.1, -0.05) is 6.58 Å². The van der Waals surface area contributed by atoms with Gasteiger partial charge in [0.15, 0.2) is 0 Å². The van der Waals surface area contributed by atoms with Gasteiger partial charge in [0, 0.05) is 6.92 Å². The first-order valence-corrected chi connectivity index (χ1v) is 3.10. The van der Waals surface area contributed by atoms with E-state index in [2.05, 4.69) is 6.58 Å². The Morgan fingerprint density at radius 3 is 2.55 bits per heavy atom. The Bertz CT molecular complexity index is 179. The number of hydrogen-bond acceptors (Lipinski definition) is 2. The monoisotopic (exact) mass is 159 g/mol. The second-order valence-electron chi connectivity index (χ2n) is 2.08. The van der Waals surface area contributed by atoms with Gasteiger partial charge in [0.1, 0.15) is 12.1 Å². The van der Waals surface area contributed by atoms with Crippen LogP contribution in [0.1, 0.15) is 6.92 Å². The van der Waals surface area contributed by atoms with Crippen molar-refractivity contribution < 1.29 is 14.0 Å². The van der Waals surface area contributed by atoms with E-state index in [1.54, 1.807) is 0 Å². The van der Waals surface area contributed by atoms with Crippen molar-refractivity contribution in [3.8, 4) is 0 Å². The van der Waals surface area contributed by atoms with Crippen molar-refractivity contribution >= 4 is 12.2 Å². The summed E-state index contributed by atoms with van der Waals surface area (Å²) in [7, 11) is 0. The third-order valence-electron chi connectivity index (χ3n) is 1.10. The lowest BCUT2D eigenvalue weighted by Gasteiger charge is -2.15. The molecule has 0 atom stereocenters. The first kappa shape index (κ1) is 9.81. The zero-order chi connectivity index (χ0) is 8.85. The Morgan fingerprint density at radius 1 is 1.73 bits per heavy atom. The van der Waals surface area contributed by atoms with Crippen LogP contribution in [0.15, 0.2) is 12.4 Å². The second-order valence-corrected chi connectivity index (χ2v) is 2.08. The number of rotatable bonds is 4. The molecule has 0 saturated carbocycles. The van der Waals surface area contributed by atoms with E-state index in [-0.39, 0.29) is 19.0 Å². The minimum Gasteiger partial charge on any atom is -0.329 e. The highest BCUT2D eigenvalue weighted by atomic mass is 19.1. The summed E-state index contributed by atoms with van der Waals surface area (Å²) in [5.41, 5.74) is 0. The summed E-state index contributed by atoms with van der Waals surface area (Å²) in [4.78, 5) is 21.6. The predicted octanol–water partition coefficient (Wildman–Crippen LogP) is 0.517. The fourth-order valence-corrected chi connectivity index (χ4v) is 0.602. The Hall–Kier alpha value is -1.19. The fraction of sp³-hybridized carbons (Fsp3) is 0.429. The Balaban J connectivity index is 3.99. The third-order valence-corrected chi connectivity index (χ3v) is 1.10. The van der Waals surface area contributed by atoms with Crippen molar-refractivity contribution in [2.45, 2.75) is 6.92 Å². The van der Waals surface area contributed by atoms with Crippen LogP contribution in [0.2, 0.25) is 0 Å². The first-order valence-electron chi connectivity index (χ1n) is 3.10. The lowest BCUT2D eigenvalue weighted by Crippen LogP contribution is -2.31. The molecule has 0 N–H and O–H groups in total. The molecular weight excluding hydrogens is 149 g/mol. The molecule has 0 rings (SSSR count). The molecule has 0 bridgehead atoms. The molecule has 0 aliphatic carbocycles. The molecule has 0 fully saturated rings. The van der Waals surface area contributed by atoms with E-state index in [9.17, 15) is 14.0 Å². The summed E-state index contributed by atoms with van der Waals surface area (Å²) in [6, 6.07) is 0. The molecule has 0 aromatic carbocycles. The van der Waals surface area contributed by atoms with E-state index in [0.29, 0.717) is 6.29 Å². The molecule has 0 radical (unpaired) electrons. The summed E-state index contributed by atoms with van der Waals surface area (Å²) in [5, 5.41) is 0. The minimum absolute atomic E-state index is 0.0850. The molecule has 4 heteroatoms. The number of hydrogen-bond donors (Lipinski definition) is 0. The minimum atomic E-state index is -0.623. The summed E-state index contributed by atoms with van der Waals surface area (Å²) in [5.74, 6) is -0.960. The van der Waals surface area contributed by atoms with Crippen molar-refractivity contribution in [3.05, 3.63) is 12.4 Å². The van der Waals surface area contributed by atoms with Gasteiger partial charge in [-0.25, -0.2) is 4.39 Å². The van der Waals surface area contributed by atoms with Gasteiger partial charge in [-0.3, -0.25) is 4.79 Å². The van der Waals surface area contributed by atoms with E-state index < -0.39 is 5.83 Å². The van der Waals surface area contributed by atoms with Crippen molar-refractivity contribution in [3.63, 3.8) is 0 Å². The molecule has 11 heavy (non-hydrogen) atoms. The SMILES string of the molecule is C=C(F)CN(CC=O)C(C)=O. The van der Waals surface area contributed by atoms with Gasteiger partial charge < -0.3 is 9.69 Å². The van der Waals surface area contributed by atoms with Crippen LogP contribution in [0.5, 0.6) is 0 Å². The van der Waals surface area contributed by atoms with Crippen LogP contribution in [0, 0.1) is 0 Å². The number of amides is 1. The fourth-order valence-electron chi connectivity index (χ4n) is 0.602. The van der Waals surface area contributed by atoms with Crippen LogP contribution in [0.3, 0.4) is 0 Å². The van der Waals surface area contributed by atoms with Crippen LogP contribution in [-0.2, 0) is 9.59 Å². The summed E-state index contributed by atoms with van der Waals surface area (Å²) < 4.78 is 12.1. The lowest BCUT2D eigenvalue weighted by atomic mass is 10.4. The smallest absolute Gasteiger partial charge is 0.220 e. The number of halogens is 1. The second kappa shape index (κ2) is 4.60. The molecule has 0 saturated heterocycles. The third kappa shape index (κ3) is 4.25. The van der Waals surface area contributed by atoms with Crippen molar-refractivity contribution in [2.75, 3.05) is 13.1 Å². The number of aldehydes is 1. The zero-order valence-electron chi connectivity index (χ0n) is 6.34. The summed E-state index contributed by atoms with van der Waals surface area (Å²) in [6.45, 7) is 3.97. The number of carbonyl (C=O) groups excluding carboxylic acids is 2. The molecule has 0 aliphatic rings. The topological polar surface area (TPSA) is 37.4 Å². The molecule has 0 aromatic heterocycles.